The number of sulfonamides is 1. The molecular formula is C29H29FN4O3S. The third-order valence-electron chi connectivity index (χ3n) is 6.35. The lowest BCUT2D eigenvalue weighted by Gasteiger charge is -2.24. The second kappa shape index (κ2) is 11.0. The van der Waals surface area contributed by atoms with E-state index in [1.807, 2.05) is 39.8 Å². The minimum Gasteiger partial charge on any atom is -0.315 e. The molecule has 0 atom stereocenters. The summed E-state index contributed by atoms with van der Waals surface area (Å²) in [5.41, 5.74) is 7.37. The summed E-state index contributed by atoms with van der Waals surface area (Å²) in [5, 5.41) is 4.05. The Morgan fingerprint density at radius 3 is 2.32 bits per heavy atom. The highest BCUT2D eigenvalue weighted by Gasteiger charge is 2.27. The molecule has 1 aromatic heterocycles. The van der Waals surface area contributed by atoms with E-state index < -0.39 is 22.5 Å². The molecule has 1 amide bonds. The predicted molar refractivity (Wildman–Crippen MR) is 148 cm³/mol. The van der Waals surface area contributed by atoms with Gasteiger partial charge in [0.15, 0.2) is 0 Å². The molecule has 1 heterocycles. The van der Waals surface area contributed by atoms with Gasteiger partial charge in [-0.2, -0.15) is 5.10 Å². The molecule has 4 rings (SSSR count). The highest BCUT2D eigenvalue weighted by molar-refractivity contribution is 7.92. The summed E-state index contributed by atoms with van der Waals surface area (Å²) in [6.45, 7) is 7.03. The second-order valence-corrected chi connectivity index (χ2v) is 10.9. The molecule has 9 heteroatoms. The van der Waals surface area contributed by atoms with E-state index in [1.54, 1.807) is 53.1 Å². The van der Waals surface area contributed by atoms with Crippen LogP contribution in [0.15, 0.2) is 88.9 Å². The monoisotopic (exact) mass is 532 g/mol. The Labute approximate surface area is 222 Å². The maximum absolute atomic E-state index is 14.4. The summed E-state index contributed by atoms with van der Waals surface area (Å²) in [5.74, 6) is -0.959. The Morgan fingerprint density at radius 1 is 0.947 bits per heavy atom. The number of aryl methyl sites for hydroxylation is 3. The second-order valence-electron chi connectivity index (χ2n) is 9.00. The first kappa shape index (κ1) is 26.8. The smallest absolute Gasteiger partial charge is 0.264 e. The molecule has 0 aliphatic rings. The number of carbonyl (C=O) groups excluding carboxylic acids is 1. The van der Waals surface area contributed by atoms with Gasteiger partial charge in [0.1, 0.15) is 12.4 Å². The van der Waals surface area contributed by atoms with Gasteiger partial charge in [-0.1, -0.05) is 36.4 Å². The lowest BCUT2D eigenvalue weighted by atomic mass is 10.1. The minimum atomic E-state index is -4.02. The molecule has 38 heavy (non-hydrogen) atoms. The van der Waals surface area contributed by atoms with Gasteiger partial charge in [0.25, 0.3) is 15.9 Å². The number of hydrazone groups is 1. The first-order valence-electron chi connectivity index (χ1n) is 12.0. The highest BCUT2D eigenvalue weighted by Crippen LogP contribution is 2.26. The molecule has 0 bridgehead atoms. The number of hydrogen-bond acceptors (Lipinski definition) is 4. The summed E-state index contributed by atoms with van der Waals surface area (Å²) < 4.78 is 44.2. The van der Waals surface area contributed by atoms with E-state index in [0.717, 1.165) is 26.8 Å². The normalized spacial score (nSPS) is 11.6. The first-order chi connectivity index (χ1) is 18.1. The van der Waals surface area contributed by atoms with E-state index in [-0.39, 0.29) is 10.7 Å². The molecule has 196 valence electrons. The van der Waals surface area contributed by atoms with Gasteiger partial charge in [-0.3, -0.25) is 9.10 Å². The number of hydrogen-bond donors (Lipinski definition) is 1. The Bertz CT molecular complexity index is 1610. The molecular weight excluding hydrogens is 503 g/mol. The van der Waals surface area contributed by atoms with Crippen molar-refractivity contribution in [1.29, 1.82) is 0 Å². The third-order valence-corrected chi connectivity index (χ3v) is 8.14. The minimum absolute atomic E-state index is 0.0788. The van der Waals surface area contributed by atoms with Crippen molar-refractivity contribution >= 4 is 27.8 Å². The van der Waals surface area contributed by atoms with Gasteiger partial charge in [-0.15, -0.1) is 0 Å². The largest absolute Gasteiger partial charge is 0.315 e. The molecule has 0 aliphatic heterocycles. The quantitative estimate of drug-likeness (QED) is 0.250. The zero-order valence-corrected chi connectivity index (χ0v) is 22.5. The standard InChI is InChI=1S/C29H29FN4O3S/c1-20-14-15-25(16-21(20)2)33(38(36,37)26-10-6-5-7-11-26)19-29(35)32-31-18-24-17-22(3)34(23(24)4)28-13-9-8-12-27(28)30/h5-18H,19H2,1-4H3,(H,32,35)/b31-18-. The molecule has 0 unspecified atom stereocenters. The summed E-state index contributed by atoms with van der Waals surface area (Å²) in [6, 6.07) is 21.5. The van der Waals surface area contributed by atoms with Crippen molar-refractivity contribution in [2.75, 3.05) is 10.8 Å². The molecule has 4 aromatic rings. The average Bonchev–Trinajstić information content (AvgIpc) is 3.17. The van der Waals surface area contributed by atoms with Gasteiger partial charge in [0.2, 0.25) is 0 Å². The van der Waals surface area contributed by atoms with Crippen molar-refractivity contribution in [3.63, 3.8) is 0 Å². The van der Waals surface area contributed by atoms with Gasteiger partial charge in [0.05, 0.1) is 22.5 Å². The molecule has 1 N–H and O–H groups in total. The van der Waals surface area contributed by atoms with E-state index in [9.17, 15) is 17.6 Å². The Morgan fingerprint density at radius 2 is 1.63 bits per heavy atom. The zero-order chi connectivity index (χ0) is 27.4. The molecule has 0 saturated carbocycles. The van der Waals surface area contributed by atoms with Crippen LogP contribution in [0.5, 0.6) is 0 Å². The summed E-state index contributed by atoms with van der Waals surface area (Å²) in [4.78, 5) is 13.0. The fourth-order valence-corrected chi connectivity index (χ4v) is 5.61. The van der Waals surface area contributed by atoms with Crippen LogP contribution >= 0.6 is 0 Å². The predicted octanol–water partition coefficient (Wildman–Crippen LogP) is 5.20. The number of aromatic nitrogens is 1. The summed E-state index contributed by atoms with van der Waals surface area (Å²) in [7, 11) is -4.02. The van der Waals surface area contributed by atoms with E-state index >= 15 is 0 Å². The van der Waals surface area contributed by atoms with Crippen molar-refractivity contribution in [2.24, 2.45) is 5.10 Å². The molecule has 0 spiro atoms. The fourth-order valence-electron chi connectivity index (χ4n) is 4.18. The lowest BCUT2D eigenvalue weighted by molar-refractivity contribution is -0.119. The number of benzene rings is 3. The summed E-state index contributed by atoms with van der Waals surface area (Å²) in [6.07, 6.45) is 1.46. The molecule has 0 aliphatic carbocycles. The Hall–Kier alpha value is -4.24. The van der Waals surface area contributed by atoms with E-state index in [1.165, 1.54) is 24.4 Å². The van der Waals surface area contributed by atoms with Crippen LogP contribution in [0.4, 0.5) is 10.1 Å². The number of halogens is 1. The fraction of sp³-hybridized carbons (Fsp3) is 0.172. The number of carbonyl (C=O) groups is 1. The molecule has 7 nitrogen and oxygen atoms in total. The Kier molecular flexibility index (Phi) is 7.78. The molecule has 0 radical (unpaired) electrons. The number of para-hydroxylation sites is 1. The van der Waals surface area contributed by atoms with Gasteiger partial charge in [0, 0.05) is 17.0 Å². The van der Waals surface area contributed by atoms with Crippen LogP contribution in [0.25, 0.3) is 5.69 Å². The Balaban J connectivity index is 1.57. The van der Waals surface area contributed by atoms with Gasteiger partial charge < -0.3 is 4.57 Å². The topological polar surface area (TPSA) is 83.8 Å². The van der Waals surface area contributed by atoms with E-state index in [4.69, 9.17) is 0 Å². The van der Waals surface area contributed by atoms with Crippen LogP contribution in [0.1, 0.15) is 28.1 Å². The van der Waals surface area contributed by atoms with Gasteiger partial charge >= 0.3 is 0 Å². The van der Waals surface area contributed by atoms with Crippen molar-refractivity contribution in [3.8, 4) is 5.69 Å². The number of nitrogens with zero attached hydrogens (tertiary/aromatic N) is 3. The number of amides is 1. The number of rotatable bonds is 8. The molecule has 3 aromatic carbocycles. The van der Waals surface area contributed by atoms with Crippen LogP contribution in [0.2, 0.25) is 0 Å². The van der Waals surface area contributed by atoms with Crippen molar-refractivity contribution in [1.82, 2.24) is 9.99 Å². The maximum atomic E-state index is 14.4. The van der Waals surface area contributed by atoms with Crippen molar-refractivity contribution in [3.05, 3.63) is 113 Å². The van der Waals surface area contributed by atoms with Gasteiger partial charge in [-0.05, 0) is 81.3 Å². The van der Waals surface area contributed by atoms with E-state index in [0.29, 0.717) is 16.9 Å². The van der Waals surface area contributed by atoms with E-state index in [2.05, 4.69) is 10.5 Å². The van der Waals surface area contributed by atoms with Crippen molar-refractivity contribution < 1.29 is 17.6 Å². The third kappa shape index (κ3) is 5.52. The van der Waals surface area contributed by atoms with Crippen LogP contribution in [-0.2, 0) is 14.8 Å². The number of anilines is 1. The number of nitrogens with one attached hydrogen (secondary N) is 1. The SMILES string of the molecule is Cc1ccc(N(CC(=O)N/N=C\c2cc(C)n(-c3ccccc3F)c2C)S(=O)(=O)c2ccccc2)cc1C. The van der Waals surface area contributed by atoms with Crippen LogP contribution in [0.3, 0.4) is 0 Å². The zero-order valence-electron chi connectivity index (χ0n) is 21.6. The van der Waals surface area contributed by atoms with Crippen LogP contribution < -0.4 is 9.73 Å². The molecule has 0 fully saturated rings. The molecule has 0 saturated heterocycles. The highest BCUT2D eigenvalue weighted by atomic mass is 32.2. The average molecular weight is 533 g/mol. The summed E-state index contributed by atoms with van der Waals surface area (Å²) >= 11 is 0. The maximum Gasteiger partial charge on any atom is 0.264 e. The lowest BCUT2D eigenvalue weighted by Crippen LogP contribution is -2.39. The van der Waals surface area contributed by atoms with Crippen LogP contribution in [-0.4, -0.2) is 31.7 Å². The van der Waals surface area contributed by atoms with Gasteiger partial charge in [-0.25, -0.2) is 18.2 Å². The first-order valence-corrected chi connectivity index (χ1v) is 13.4. The van der Waals surface area contributed by atoms with Crippen LogP contribution in [0, 0.1) is 33.5 Å². The van der Waals surface area contributed by atoms with Crippen molar-refractivity contribution in [2.45, 2.75) is 32.6 Å².